The van der Waals surface area contributed by atoms with Crippen LogP contribution in [0.4, 0.5) is 0 Å². The number of carboxylic acids is 2. The fraction of sp³-hybridized carbons (Fsp3) is 0.200. The van der Waals surface area contributed by atoms with Crippen molar-refractivity contribution in [1.82, 2.24) is 0 Å². The van der Waals surface area contributed by atoms with Gasteiger partial charge in [0.1, 0.15) is 0 Å². The SMILES string of the molecule is C=CCC(CO)CO.O=C(O)c1ccccc1.O=C(O)c1ccccc1. The quantitative estimate of drug-likeness (QED) is 0.589. The summed E-state index contributed by atoms with van der Waals surface area (Å²) < 4.78 is 0. The van der Waals surface area contributed by atoms with Crippen LogP contribution in [0.25, 0.3) is 0 Å². The first-order valence-electron chi connectivity index (χ1n) is 7.85. The average Bonchev–Trinajstić information content (AvgIpc) is 2.68. The lowest BCUT2D eigenvalue weighted by atomic mass is 10.1. The summed E-state index contributed by atoms with van der Waals surface area (Å²) in [6.07, 6.45) is 2.38. The zero-order valence-electron chi connectivity index (χ0n) is 14.4. The van der Waals surface area contributed by atoms with Crippen LogP contribution in [0.15, 0.2) is 73.3 Å². The van der Waals surface area contributed by atoms with Crippen molar-refractivity contribution < 1.29 is 30.0 Å². The average molecular weight is 360 g/mol. The summed E-state index contributed by atoms with van der Waals surface area (Å²) >= 11 is 0. The smallest absolute Gasteiger partial charge is 0.335 e. The van der Waals surface area contributed by atoms with E-state index in [1.165, 1.54) is 0 Å². The molecule has 6 heteroatoms. The van der Waals surface area contributed by atoms with Crippen molar-refractivity contribution in [1.29, 1.82) is 0 Å². The van der Waals surface area contributed by atoms with Gasteiger partial charge in [-0.25, -0.2) is 9.59 Å². The fourth-order valence-corrected chi connectivity index (χ4v) is 1.60. The van der Waals surface area contributed by atoms with Gasteiger partial charge in [-0.2, -0.15) is 0 Å². The summed E-state index contributed by atoms with van der Waals surface area (Å²) in [5.74, 6) is -1.77. The van der Waals surface area contributed by atoms with Crippen LogP contribution < -0.4 is 0 Å². The van der Waals surface area contributed by atoms with Gasteiger partial charge in [-0.15, -0.1) is 6.58 Å². The minimum Gasteiger partial charge on any atom is -0.478 e. The molecule has 0 unspecified atom stereocenters. The zero-order chi connectivity index (χ0) is 19.8. The van der Waals surface area contributed by atoms with Gasteiger partial charge in [0.05, 0.1) is 11.1 Å². The second-order valence-electron chi connectivity index (χ2n) is 5.10. The van der Waals surface area contributed by atoms with E-state index in [-0.39, 0.29) is 19.1 Å². The molecule has 0 bridgehead atoms. The lowest BCUT2D eigenvalue weighted by Gasteiger charge is -2.04. The molecule has 4 N–H and O–H groups in total. The van der Waals surface area contributed by atoms with Gasteiger partial charge in [-0.1, -0.05) is 42.5 Å². The second-order valence-corrected chi connectivity index (χ2v) is 5.10. The molecule has 0 saturated carbocycles. The van der Waals surface area contributed by atoms with Crippen LogP contribution in [0.5, 0.6) is 0 Å². The third-order valence-corrected chi connectivity index (χ3v) is 3.06. The molecule has 2 rings (SSSR count). The highest BCUT2D eigenvalue weighted by atomic mass is 16.4. The van der Waals surface area contributed by atoms with E-state index in [0.717, 1.165) is 0 Å². The molecule has 0 aliphatic heterocycles. The normalized spacial score (nSPS) is 9.19. The molecular weight excluding hydrogens is 336 g/mol. The summed E-state index contributed by atoms with van der Waals surface area (Å²) in [7, 11) is 0. The Kier molecular flexibility index (Phi) is 12.8. The maximum absolute atomic E-state index is 10.2. The molecule has 6 nitrogen and oxygen atoms in total. The zero-order valence-corrected chi connectivity index (χ0v) is 14.4. The number of benzene rings is 2. The van der Waals surface area contributed by atoms with E-state index >= 15 is 0 Å². The van der Waals surface area contributed by atoms with Gasteiger partial charge >= 0.3 is 11.9 Å². The fourth-order valence-electron chi connectivity index (χ4n) is 1.60. The number of rotatable bonds is 6. The summed E-state index contributed by atoms with van der Waals surface area (Å²) in [6.45, 7) is 3.56. The predicted molar refractivity (Wildman–Crippen MR) is 99.3 cm³/mol. The molecule has 26 heavy (non-hydrogen) atoms. The highest BCUT2D eigenvalue weighted by Gasteiger charge is 2.00. The Labute approximate surface area is 152 Å². The number of aliphatic hydroxyl groups excluding tert-OH is 2. The van der Waals surface area contributed by atoms with Crippen molar-refractivity contribution in [2.24, 2.45) is 5.92 Å². The number of hydrogen-bond donors (Lipinski definition) is 4. The lowest BCUT2D eigenvalue weighted by molar-refractivity contribution is 0.0686. The molecule has 0 radical (unpaired) electrons. The van der Waals surface area contributed by atoms with Crippen LogP contribution in [0.1, 0.15) is 27.1 Å². The Morgan fingerprint density at radius 2 is 1.15 bits per heavy atom. The first kappa shape index (κ1) is 23.0. The van der Waals surface area contributed by atoms with E-state index in [9.17, 15) is 9.59 Å². The Morgan fingerprint density at radius 3 is 1.31 bits per heavy atom. The van der Waals surface area contributed by atoms with E-state index in [4.69, 9.17) is 20.4 Å². The largest absolute Gasteiger partial charge is 0.478 e. The Morgan fingerprint density at radius 1 is 0.808 bits per heavy atom. The molecule has 0 atom stereocenters. The molecule has 0 aliphatic rings. The molecule has 0 aromatic heterocycles. The molecule has 2 aromatic carbocycles. The molecule has 0 saturated heterocycles. The Balaban J connectivity index is 0.000000362. The van der Waals surface area contributed by atoms with E-state index in [1.54, 1.807) is 66.7 Å². The summed E-state index contributed by atoms with van der Waals surface area (Å²) in [4.78, 5) is 20.4. The second kappa shape index (κ2) is 14.4. The van der Waals surface area contributed by atoms with Gasteiger partial charge in [0.2, 0.25) is 0 Å². The molecule has 0 aliphatic carbocycles. The minimum absolute atomic E-state index is 0.00694. The molecule has 2 aromatic rings. The molecule has 0 heterocycles. The topological polar surface area (TPSA) is 115 Å². The number of carboxylic acid groups (broad SMARTS) is 2. The van der Waals surface area contributed by atoms with Gasteiger partial charge in [-0.3, -0.25) is 0 Å². The molecule has 0 amide bonds. The maximum Gasteiger partial charge on any atom is 0.335 e. The first-order valence-corrected chi connectivity index (χ1v) is 7.85. The van der Waals surface area contributed by atoms with Crippen LogP contribution in [0, 0.1) is 5.92 Å². The van der Waals surface area contributed by atoms with Crippen LogP contribution in [-0.4, -0.2) is 45.6 Å². The molecule has 140 valence electrons. The van der Waals surface area contributed by atoms with Crippen LogP contribution in [0.2, 0.25) is 0 Å². The Hall–Kier alpha value is -2.96. The highest BCUT2D eigenvalue weighted by Crippen LogP contribution is 1.99. The monoisotopic (exact) mass is 360 g/mol. The number of carbonyl (C=O) groups is 2. The molecular formula is C20H24O6. The molecule has 0 fully saturated rings. The van der Waals surface area contributed by atoms with Gasteiger partial charge in [-0.05, 0) is 30.7 Å². The number of aromatic carboxylic acids is 2. The van der Waals surface area contributed by atoms with Crippen molar-refractivity contribution in [2.75, 3.05) is 13.2 Å². The summed E-state index contributed by atoms with van der Waals surface area (Å²) in [5.41, 5.74) is 0.662. The van der Waals surface area contributed by atoms with Crippen molar-refractivity contribution >= 4 is 11.9 Å². The standard InChI is InChI=1S/2C7H6O2.C6H12O2/c2*8-7(9)6-4-2-1-3-5-6;1-2-3-6(4-7)5-8/h2*1-5H,(H,8,9);2,6-8H,1,3-5H2. The highest BCUT2D eigenvalue weighted by molar-refractivity contribution is 5.87. The Bertz CT molecular complexity index is 586. The number of hydrogen-bond acceptors (Lipinski definition) is 4. The van der Waals surface area contributed by atoms with Crippen LogP contribution in [0.3, 0.4) is 0 Å². The van der Waals surface area contributed by atoms with Gasteiger partial charge in [0.15, 0.2) is 0 Å². The molecule has 0 spiro atoms. The van der Waals surface area contributed by atoms with Crippen LogP contribution in [-0.2, 0) is 0 Å². The maximum atomic E-state index is 10.2. The third-order valence-electron chi connectivity index (χ3n) is 3.06. The van der Waals surface area contributed by atoms with E-state index in [2.05, 4.69) is 6.58 Å². The van der Waals surface area contributed by atoms with E-state index < -0.39 is 11.9 Å². The lowest BCUT2D eigenvalue weighted by Crippen LogP contribution is -2.08. The van der Waals surface area contributed by atoms with Gasteiger partial charge in [0.25, 0.3) is 0 Å². The third kappa shape index (κ3) is 10.7. The summed E-state index contributed by atoms with van der Waals surface area (Å²) in [5, 5.41) is 33.7. The predicted octanol–water partition coefficient (Wildman–Crippen LogP) is 2.93. The van der Waals surface area contributed by atoms with Gasteiger partial charge in [0, 0.05) is 19.1 Å². The van der Waals surface area contributed by atoms with Crippen LogP contribution >= 0.6 is 0 Å². The van der Waals surface area contributed by atoms with Crippen molar-refractivity contribution in [3.05, 3.63) is 84.4 Å². The van der Waals surface area contributed by atoms with Crippen molar-refractivity contribution in [3.8, 4) is 0 Å². The van der Waals surface area contributed by atoms with E-state index in [0.29, 0.717) is 17.5 Å². The minimum atomic E-state index is -0.879. The summed E-state index contributed by atoms with van der Waals surface area (Å²) in [6, 6.07) is 16.6. The van der Waals surface area contributed by atoms with E-state index in [1.807, 2.05) is 0 Å². The van der Waals surface area contributed by atoms with Crippen molar-refractivity contribution in [3.63, 3.8) is 0 Å². The number of aliphatic hydroxyl groups is 2. The van der Waals surface area contributed by atoms with Gasteiger partial charge < -0.3 is 20.4 Å². The first-order chi connectivity index (χ1) is 12.5. The van der Waals surface area contributed by atoms with Crippen molar-refractivity contribution in [2.45, 2.75) is 6.42 Å². The number of allylic oxidation sites excluding steroid dienone is 1.